The molecule has 0 amide bonds. The van der Waals surface area contributed by atoms with Gasteiger partial charge in [0.1, 0.15) is 17.3 Å². The number of rotatable bonds is 4. The van der Waals surface area contributed by atoms with Crippen molar-refractivity contribution in [2.75, 3.05) is 11.9 Å². The lowest BCUT2D eigenvalue weighted by Gasteiger charge is -2.27. The lowest BCUT2D eigenvalue weighted by Crippen LogP contribution is -2.36. The Labute approximate surface area is 169 Å². The summed E-state index contributed by atoms with van der Waals surface area (Å²) in [4.78, 5) is 18.3. The van der Waals surface area contributed by atoms with Gasteiger partial charge in [-0.2, -0.15) is 0 Å². The van der Waals surface area contributed by atoms with Crippen LogP contribution in [0.25, 0.3) is 16.9 Å². The molecule has 2 N–H and O–H groups in total. The average Bonchev–Trinajstić information content (AvgIpc) is 3.23. The Kier molecular flexibility index (Phi) is 4.65. The molecule has 1 fully saturated rings. The summed E-state index contributed by atoms with van der Waals surface area (Å²) in [6.45, 7) is 3.13. The number of nitrogens with one attached hydrogen (secondary N) is 2. The molecule has 7 nitrogen and oxygen atoms in total. The van der Waals surface area contributed by atoms with Crippen LogP contribution in [0, 0.1) is 0 Å². The smallest absolute Gasteiger partial charge is 0.136 e. The monoisotopic (exact) mass is 385 g/mol. The van der Waals surface area contributed by atoms with Gasteiger partial charge in [0.05, 0.1) is 11.4 Å². The summed E-state index contributed by atoms with van der Waals surface area (Å²) in [6, 6.07) is 10.5. The van der Waals surface area contributed by atoms with E-state index in [9.17, 15) is 0 Å². The third kappa shape index (κ3) is 3.82. The minimum Gasteiger partial charge on any atom is -0.339 e. The molecule has 1 saturated heterocycles. The van der Waals surface area contributed by atoms with Crippen LogP contribution < -0.4 is 10.6 Å². The summed E-state index contributed by atoms with van der Waals surface area (Å²) in [7, 11) is 0. The highest BCUT2D eigenvalue weighted by Crippen LogP contribution is 2.28. The molecule has 0 unspecified atom stereocenters. The normalized spacial score (nSPS) is 19.3. The number of hydrogen-bond acceptors (Lipinski definition) is 6. The molecule has 0 aliphatic carbocycles. The van der Waals surface area contributed by atoms with Gasteiger partial charge in [0.2, 0.25) is 0 Å². The van der Waals surface area contributed by atoms with E-state index < -0.39 is 0 Å². The molecule has 0 spiro atoms. The Hall–Kier alpha value is -3.32. The predicted octanol–water partition coefficient (Wildman–Crippen LogP) is 3.79. The van der Waals surface area contributed by atoms with Gasteiger partial charge in [0, 0.05) is 61.1 Å². The van der Waals surface area contributed by atoms with Crippen LogP contribution in [0.3, 0.4) is 0 Å². The van der Waals surface area contributed by atoms with Gasteiger partial charge in [-0.15, -0.1) is 0 Å². The SMILES string of the molecule is C[C@H]1CC[C@@H](c2nc(Nc3ccc4nccn4c3)cc(-c3cccnc3)n2)CN1. The van der Waals surface area contributed by atoms with E-state index in [2.05, 4.69) is 27.5 Å². The second-order valence-electron chi connectivity index (χ2n) is 7.56. The van der Waals surface area contributed by atoms with E-state index in [-0.39, 0.29) is 0 Å². The molecule has 5 rings (SSSR count). The van der Waals surface area contributed by atoms with Crippen LogP contribution in [0.5, 0.6) is 0 Å². The van der Waals surface area contributed by atoms with Gasteiger partial charge in [0.15, 0.2) is 0 Å². The molecule has 1 aliphatic heterocycles. The average molecular weight is 385 g/mol. The molecule has 4 aromatic rings. The molecular formula is C22H23N7. The van der Waals surface area contributed by atoms with Gasteiger partial charge < -0.3 is 15.0 Å². The lowest BCUT2D eigenvalue weighted by atomic mass is 9.94. The molecule has 0 aromatic carbocycles. The van der Waals surface area contributed by atoms with Gasteiger partial charge in [0.25, 0.3) is 0 Å². The van der Waals surface area contributed by atoms with Gasteiger partial charge in [-0.05, 0) is 44.0 Å². The molecule has 1 aliphatic rings. The molecule has 0 bridgehead atoms. The Balaban J connectivity index is 1.51. The van der Waals surface area contributed by atoms with Crippen molar-refractivity contribution < 1.29 is 0 Å². The first-order valence-electron chi connectivity index (χ1n) is 9.97. The maximum absolute atomic E-state index is 4.89. The molecule has 29 heavy (non-hydrogen) atoms. The predicted molar refractivity (Wildman–Crippen MR) is 113 cm³/mol. The fourth-order valence-electron chi connectivity index (χ4n) is 3.74. The van der Waals surface area contributed by atoms with Crippen molar-refractivity contribution in [3.63, 3.8) is 0 Å². The van der Waals surface area contributed by atoms with Crippen molar-refractivity contribution in [1.82, 2.24) is 29.7 Å². The molecule has 5 heterocycles. The topological polar surface area (TPSA) is 80.0 Å². The molecular weight excluding hydrogens is 362 g/mol. The zero-order chi connectivity index (χ0) is 19.6. The second kappa shape index (κ2) is 7.60. The van der Waals surface area contributed by atoms with Crippen molar-refractivity contribution in [3.8, 4) is 11.3 Å². The van der Waals surface area contributed by atoms with Gasteiger partial charge >= 0.3 is 0 Å². The first-order chi connectivity index (χ1) is 14.2. The standard InChI is InChI=1S/C22H23N7/c1-15-4-5-17(13-25-15)22-27-19(16-3-2-8-23-12-16)11-20(28-22)26-18-6-7-21-24-9-10-29(21)14-18/h2-3,6-12,14-15,17,25H,4-5,13H2,1H3,(H,26,27,28)/t15-,17+/m0/s1. The van der Waals surface area contributed by atoms with Crippen LogP contribution in [0.15, 0.2) is 61.3 Å². The fraction of sp³-hybridized carbons (Fsp3) is 0.273. The van der Waals surface area contributed by atoms with Crippen LogP contribution in [0.4, 0.5) is 11.5 Å². The maximum atomic E-state index is 4.89. The fourth-order valence-corrected chi connectivity index (χ4v) is 3.74. The van der Waals surface area contributed by atoms with Crippen LogP contribution in [0.2, 0.25) is 0 Å². The third-order valence-corrected chi connectivity index (χ3v) is 5.39. The minimum atomic E-state index is 0.305. The molecule has 7 heteroatoms. The van der Waals surface area contributed by atoms with Gasteiger partial charge in [-0.3, -0.25) is 4.98 Å². The lowest BCUT2D eigenvalue weighted by molar-refractivity contribution is 0.376. The molecule has 2 atom stereocenters. The van der Waals surface area contributed by atoms with Crippen molar-refractivity contribution in [1.29, 1.82) is 0 Å². The Morgan fingerprint density at radius 1 is 1.14 bits per heavy atom. The number of hydrogen-bond donors (Lipinski definition) is 2. The van der Waals surface area contributed by atoms with E-state index in [4.69, 9.17) is 9.97 Å². The Bertz CT molecular complexity index is 1110. The zero-order valence-corrected chi connectivity index (χ0v) is 16.3. The highest BCUT2D eigenvalue weighted by atomic mass is 15.1. The summed E-state index contributed by atoms with van der Waals surface area (Å²) in [5.41, 5.74) is 3.74. The Morgan fingerprint density at radius 3 is 2.93 bits per heavy atom. The van der Waals surface area contributed by atoms with Crippen molar-refractivity contribution >= 4 is 17.2 Å². The van der Waals surface area contributed by atoms with Crippen molar-refractivity contribution in [2.45, 2.75) is 31.7 Å². The summed E-state index contributed by atoms with van der Waals surface area (Å²) in [5, 5.41) is 7.00. The number of fused-ring (bicyclic) bond motifs is 1. The van der Waals surface area contributed by atoms with E-state index >= 15 is 0 Å². The molecule has 0 saturated carbocycles. The van der Waals surface area contributed by atoms with E-state index in [1.54, 1.807) is 12.4 Å². The number of anilines is 2. The number of pyridine rings is 2. The highest BCUT2D eigenvalue weighted by Gasteiger charge is 2.22. The number of nitrogens with zero attached hydrogens (tertiary/aromatic N) is 5. The van der Waals surface area contributed by atoms with Crippen molar-refractivity contribution in [2.24, 2.45) is 0 Å². The first-order valence-corrected chi connectivity index (χ1v) is 9.97. The largest absolute Gasteiger partial charge is 0.339 e. The first kappa shape index (κ1) is 17.8. The second-order valence-corrected chi connectivity index (χ2v) is 7.56. The quantitative estimate of drug-likeness (QED) is 0.556. The highest BCUT2D eigenvalue weighted by molar-refractivity contribution is 5.65. The minimum absolute atomic E-state index is 0.305. The molecule has 4 aromatic heterocycles. The summed E-state index contributed by atoms with van der Waals surface area (Å²) in [6.07, 6.45) is 11.6. The number of piperidine rings is 1. The molecule has 0 radical (unpaired) electrons. The van der Waals surface area contributed by atoms with E-state index in [0.29, 0.717) is 12.0 Å². The van der Waals surface area contributed by atoms with Crippen LogP contribution >= 0.6 is 0 Å². The summed E-state index contributed by atoms with van der Waals surface area (Å²) < 4.78 is 1.99. The summed E-state index contributed by atoms with van der Waals surface area (Å²) in [5.74, 6) is 1.96. The van der Waals surface area contributed by atoms with Crippen LogP contribution in [-0.2, 0) is 0 Å². The summed E-state index contributed by atoms with van der Waals surface area (Å²) >= 11 is 0. The number of imidazole rings is 1. The van der Waals surface area contributed by atoms with E-state index in [0.717, 1.165) is 53.6 Å². The van der Waals surface area contributed by atoms with Gasteiger partial charge in [-0.25, -0.2) is 15.0 Å². The van der Waals surface area contributed by atoms with E-state index in [1.807, 2.05) is 53.3 Å². The molecule has 146 valence electrons. The van der Waals surface area contributed by atoms with Crippen LogP contribution in [0.1, 0.15) is 31.5 Å². The van der Waals surface area contributed by atoms with Crippen LogP contribution in [-0.4, -0.2) is 36.9 Å². The number of aromatic nitrogens is 5. The van der Waals surface area contributed by atoms with Crippen molar-refractivity contribution in [3.05, 3.63) is 67.1 Å². The third-order valence-electron chi connectivity index (χ3n) is 5.39. The maximum Gasteiger partial charge on any atom is 0.136 e. The zero-order valence-electron chi connectivity index (χ0n) is 16.3. The Morgan fingerprint density at radius 2 is 2.10 bits per heavy atom. The van der Waals surface area contributed by atoms with Gasteiger partial charge in [-0.1, -0.05) is 0 Å². The van der Waals surface area contributed by atoms with E-state index in [1.165, 1.54) is 0 Å².